The van der Waals surface area contributed by atoms with Crippen molar-refractivity contribution in [2.45, 2.75) is 45.1 Å². The summed E-state index contributed by atoms with van der Waals surface area (Å²) in [5.74, 6) is 1.48. The van der Waals surface area contributed by atoms with E-state index in [0.717, 1.165) is 18.1 Å². The summed E-state index contributed by atoms with van der Waals surface area (Å²) in [5.41, 5.74) is 6.80. The van der Waals surface area contributed by atoms with E-state index < -0.39 is 0 Å². The molecule has 1 heterocycles. The maximum Gasteiger partial charge on any atom is 0.132 e. The fraction of sp³-hybridized carbons (Fsp3) is 0.692. The van der Waals surface area contributed by atoms with E-state index in [2.05, 4.69) is 34.8 Å². The Labute approximate surface area is 103 Å². The van der Waals surface area contributed by atoms with Crippen LogP contribution in [0, 0.1) is 0 Å². The van der Waals surface area contributed by atoms with Crippen molar-refractivity contribution in [2.24, 2.45) is 5.73 Å². The molecule has 0 saturated heterocycles. The summed E-state index contributed by atoms with van der Waals surface area (Å²) < 4.78 is 0. The molecule has 0 bridgehead atoms. The van der Waals surface area contributed by atoms with Crippen molar-refractivity contribution in [2.75, 3.05) is 18.0 Å². The average Bonchev–Trinajstić information content (AvgIpc) is 2.26. The number of nitrogens with zero attached hydrogens (tertiary/aromatic N) is 3. The number of hydrogen-bond acceptors (Lipinski definition) is 4. The van der Waals surface area contributed by atoms with Crippen LogP contribution in [-0.4, -0.2) is 29.1 Å². The molecule has 4 heteroatoms. The number of anilines is 1. The second kappa shape index (κ2) is 5.45. The Morgan fingerprint density at radius 1 is 1.41 bits per heavy atom. The molecule has 2 rings (SSSR count). The summed E-state index contributed by atoms with van der Waals surface area (Å²) in [6, 6.07) is 2.74. The number of rotatable bonds is 5. The minimum Gasteiger partial charge on any atom is -0.352 e. The molecule has 1 aromatic heterocycles. The Balaban J connectivity index is 2.19. The Morgan fingerprint density at radius 3 is 2.71 bits per heavy atom. The van der Waals surface area contributed by atoms with Gasteiger partial charge in [0.15, 0.2) is 0 Å². The van der Waals surface area contributed by atoms with E-state index >= 15 is 0 Å². The van der Waals surface area contributed by atoms with Gasteiger partial charge in [0, 0.05) is 30.9 Å². The highest BCUT2D eigenvalue weighted by Gasteiger charge is 2.25. The quantitative estimate of drug-likeness (QED) is 0.845. The molecule has 1 aromatic rings. The van der Waals surface area contributed by atoms with Gasteiger partial charge in [0.2, 0.25) is 0 Å². The van der Waals surface area contributed by atoms with Crippen LogP contribution in [0.3, 0.4) is 0 Å². The molecule has 17 heavy (non-hydrogen) atoms. The van der Waals surface area contributed by atoms with Gasteiger partial charge in [0.1, 0.15) is 12.1 Å². The Kier molecular flexibility index (Phi) is 3.94. The van der Waals surface area contributed by atoms with Crippen LogP contribution in [0.15, 0.2) is 12.4 Å². The van der Waals surface area contributed by atoms with Crippen LogP contribution >= 0.6 is 0 Å². The molecule has 0 spiro atoms. The van der Waals surface area contributed by atoms with Gasteiger partial charge >= 0.3 is 0 Å². The summed E-state index contributed by atoms with van der Waals surface area (Å²) >= 11 is 0. The molecule has 4 nitrogen and oxygen atoms in total. The number of aromatic nitrogens is 2. The molecule has 0 amide bonds. The second-order valence-corrected chi connectivity index (χ2v) is 5.02. The topological polar surface area (TPSA) is 55.0 Å². The SMILES string of the molecule is CC(C)c1cc(N(CCN)C2CCC2)ncn1. The zero-order valence-corrected chi connectivity index (χ0v) is 10.8. The maximum absolute atomic E-state index is 5.70. The molecule has 1 fully saturated rings. The first-order chi connectivity index (χ1) is 8.22. The zero-order valence-electron chi connectivity index (χ0n) is 10.8. The van der Waals surface area contributed by atoms with Crippen molar-refractivity contribution >= 4 is 5.82 Å². The Hall–Kier alpha value is -1.16. The van der Waals surface area contributed by atoms with E-state index in [1.165, 1.54) is 19.3 Å². The Bertz CT molecular complexity index is 360. The lowest BCUT2D eigenvalue weighted by Crippen LogP contribution is -2.43. The van der Waals surface area contributed by atoms with E-state index in [-0.39, 0.29) is 0 Å². The molecule has 1 saturated carbocycles. The van der Waals surface area contributed by atoms with E-state index in [1.54, 1.807) is 6.33 Å². The standard InChI is InChI=1S/C13H22N4/c1-10(2)12-8-13(16-9-15-12)17(7-6-14)11-4-3-5-11/h8-11H,3-7,14H2,1-2H3. The van der Waals surface area contributed by atoms with Crippen molar-refractivity contribution in [1.29, 1.82) is 0 Å². The maximum atomic E-state index is 5.70. The third kappa shape index (κ3) is 2.75. The molecular weight excluding hydrogens is 212 g/mol. The van der Waals surface area contributed by atoms with Crippen LogP contribution in [0.5, 0.6) is 0 Å². The van der Waals surface area contributed by atoms with Crippen molar-refractivity contribution < 1.29 is 0 Å². The smallest absolute Gasteiger partial charge is 0.132 e. The van der Waals surface area contributed by atoms with Crippen molar-refractivity contribution in [1.82, 2.24) is 9.97 Å². The zero-order chi connectivity index (χ0) is 12.3. The highest BCUT2D eigenvalue weighted by atomic mass is 15.2. The number of nitrogens with two attached hydrogens (primary N) is 1. The third-order valence-electron chi connectivity index (χ3n) is 3.45. The first kappa shape index (κ1) is 12.3. The average molecular weight is 234 g/mol. The van der Waals surface area contributed by atoms with Gasteiger partial charge < -0.3 is 10.6 Å². The fourth-order valence-corrected chi connectivity index (χ4v) is 2.16. The van der Waals surface area contributed by atoms with Crippen LogP contribution in [0.2, 0.25) is 0 Å². The highest BCUT2D eigenvalue weighted by molar-refractivity contribution is 5.41. The minimum atomic E-state index is 0.442. The largest absolute Gasteiger partial charge is 0.352 e. The molecule has 0 unspecified atom stereocenters. The number of hydrogen-bond donors (Lipinski definition) is 1. The highest BCUT2D eigenvalue weighted by Crippen LogP contribution is 2.28. The van der Waals surface area contributed by atoms with Gasteiger partial charge in [-0.05, 0) is 25.2 Å². The van der Waals surface area contributed by atoms with Crippen molar-refractivity contribution in [3.63, 3.8) is 0 Å². The molecule has 1 aliphatic rings. The van der Waals surface area contributed by atoms with E-state index in [4.69, 9.17) is 5.73 Å². The van der Waals surface area contributed by atoms with Crippen molar-refractivity contribution in [3.05, 3.63) is 18.1 Å². The normalized spacial score (nSPS) is 16.0. The van der Waals surface area contributed by atoms with Crippen LogP contribution in [0.4, 0.5) is 5.82 Å². The molecule has 94 valence electrons. The fourth-order valence-electron chi connectivity index (χ4n) is 2.16. The lowest BCUT2D eigenvalue weighted by atomic mass is 9.91. The first-order valence-electron chi connectivity index (χ1n) is 6.51. The van der Waals surface area contributed by atoms with Gasteiger partial charge in [-0.3, -0.25) is 0 Å². The molecular formula is C13H22N4. The van der Waals surface area contributed by atoms with Crippen LogP contribution in [0.1, 0.15) is 44.7 Å². The molecule has 2 N–H and O–H groups in total. The van der Waals surface area contributed by atoms with Gasteiger partial charge in [-0.2, -0.15) is 0 Å². The Morgan fingerprint density at radius 2 is 2.18 bits per heavy atom. The second-order valence-electron chi connectivity index (χ2n) is 5.02. The van der Waals surface area contributed by atoms with Gasteiger partial charge in [-0.25, -0.2) is 9.97 Å². The molecule has 1 aliphatic carbocycles. The monoisotopic (exact) mass is 234 g/mol. The van der Waals surface area contributed by atoms with Gasteiger partial charge in [-0.15, -0.1) is 0 Å². The summed E-state index contributed by atoms with van der Waals surface area (Å²) in [6.45, 7) is 5.88. The minimum absolute atomic E-state index is 0.442. The van der Waals surface area contributed by atoms with Gasteiger partial charge in [-0.1, -0.05) is 13.8 Å². The van der Waals surface area contributed by atoms with Gasteiger partial charge in [0.25, 0.3) is 0 Å². The predicted octanol–water partition coefficient (Wildman–Crippen LogP) is 1.92. The lowest BCUT2D eigenvalue weighted by molar-refractivity contribution is 0.385. The summed E-state index contributed by atoms with van der Waals surface area (Å²) in [7, 11) is 0. The van der Waals surface area contributed by atoms with Crippen molar-refractivity contribution in [3.8, 4) is 0 Å². The lowest BCUT2D eigenvalue weighted by Gasteiger charge is -2.38. The predicted molar refractivity (Wildman–Crippen MR) is 70.2 cm³/mol. The molecule has 0 atom stereocenters. The van der Waals surface area contributed by atoms with Crippen LogP contribution in [0.25, 0.3) is 0 Å². The van der Waals surface area contributed by atoms with E-state index in [1.807, 2.05) is 0 Å². The van der Waals surface area contributed by atoms with Gasteiger partial charge in [0.05, 0.1) is 0 Å². The van der Waals surface area contributed by atoms with Crippen LogP contribution in [-0.2, 0) is 0 Å². The third-order valence-corrected chi connectivity index (χ3v) is 3.45. The summed E-state index contributed by atoms with van der Waals surface area (Å²) in [6.07, 6.45) is 5.53. The van der Waals surface area contributed by atoms with Crippen LogP contribution < -0.4 is 10.6 Å². The molecule has 0 radical (unpaired) electrons. The summed E-state index contributed by atoms with van der Waals surface area (Å²) in [4.78, 5) is 11.1. The first-order valence-corrected chi connectivity index (χ1v) is 6.51. The van der Waals surface area contributed by atoms with E-state index in [9.17, 15) is 0 Å². The molecule has 0 aliphatic heterocycles. The molecule has 0 aromatic carbocycles. The summed E-state index contributed by atoms with van der Waals surface area (Å²) in [5, 5.41) is 0. The van der Waals surface area contributed by atoms with E-state index in [0.29, 0.717) is 18.5 Å².